The van der Waals surface area contributed by atoms with Crippen molar-refractivity contribution >= 4 is 5.91 Å². The molecule has 130 valence electrons. The zero-order valence-corrected chi connectivity index (χ0v) is 14.8. The van der Waals surface area contributed by atoms with E-state index in [9.17, 15) is 4.79 Å². The molecule has 1 amide bonds. The lowest BCUT2D eigenvalue weighted by Gasteiger charge is -2.10. The van der Waals surface area contributed by atoms with Crippen molar-refractivity contribution in [3.05, 3.63) is 64.7 Å². The Labute approximate surface area is 146 Å². The van der Waals surface area contributed by atoms with Crippen LogP contribution in [0.3, 0.4) is 0 Å². The topological polar surface area (TPSA) is 69.3 Å². The Hall–Kier alpha value is -3.02. The third kappa shape index (κ3) is 3.28. The third-order valence-corrected chi connectivity index (χ3v) is 4.15. The first kappa shape index (κ1) is 16.8. The molecule has 0 radical (unpaired) electrons. The summed E-state index contributed by atoms with van der Waals surface area (Å²) in [5.41, 5.74) is 3.30. The fourth-order valence-corrected chi connectivity index (χ4v) is 2.92. The van der Waals surface area contributed by atoms with Gasteiger partial charge in [0.2, 0.25) is 0 Å². The molecule has 0 bridgehead atoms. The minimum Gasteiger partial charge on any atom is -0.496 e. The number of hydrogen-bond acceptors (Lipinski definition) is 4. The molecule has 6 nitrogen and oxygen atoms in total. The van der Waals surface area contributed by atoms with Gasteiger partial charge in [0.1, 0.15) is 11.5 Å². The average Bonchev–Trinajstić information content (AvgIpc) is 3.15. The summed E-state index contributed by atoms with van der Waals surface area (Å²) in [7, 11) is 1.62. The summed E-state index contributed by atoms with van der Waals surface area (Å²) in [5, 5.41) is 6.99. The van der Waals surface area contributed by atoms with Crippen LogP contribution in [-0.4, -0.2) is 22.7 Å². The summed E-state index contributed by atoms with van der Waals surface area (Å²) in [6, 6.07) is 11.3. The number of carbonyl (C=O) groups excluding carboxylic acids is 1. The van der Waals surface area contributed by atoms with E-state index in [0.29, 0.717) is 17.9 Å². The molecule has 1 aromatic carbocycles. The van der Waals surface area contributed by atoms with Crippen LogP contribution in [0, 0.1) is 20.8 Å². The lowest BCUT2D eigenvalue weighted by molar-refractivity contribution is 0.0950. The predicted molar refractivity (Wildman–Crippen MR) is 94.2 cm³/mol. The molecule has 0 unspecified atom stereocenters. The largest absolute Gasteiger partial charge is 0.496 e. The fraction of sp³-hybridized carbons (Fsp3) is 0.263. The molecule has 3 rings (SSSR count). The van der Waals surface area contributed by atoms with E-state index in [-0.39, 0.29) is 5.91 Å². The van der Waals surface area contributed by atoms with Gasteiger partial charge in [0.25, 0.3) is 5.91 Å². The van der Waals surface area contributed by atoms with Crippen LogP contribution in [0.25, 0.3) is 5.82 Å². The molecule has 0 aliphatic heterocycles. The maximum absolute atomic E-state index is 12.6. The summed E-state index contributed by atoms with van der Waals surface area (Å²) in [5.74, 6) is 2.03. The first-order valence-corrected chi connectivity index (χ1v) is 8.04. The van der Waals surface area contributed by atoms with Crippen molar-refractivity contribution in [2.24, 2.45) is 0 Å². The highest BCUT2D eigenvalue weighted by atomic mass is 16.5. The number of para-hydroxylation sites is 1. The van der Waals surface area contributed by atoms with Gasteiger partial charge in [0.15, 0.2) is 5.82 Å². The number of nitrogens with zero attached hydrogens (tertiary/aromatic N) is 2. The molecule has 3 aromatic rings. The van der Waals surface area contributed by atoms with Crippen LogP contribution >= 0.6 is 0 Å². The molecule has 2 aromatic heterocycles. The molecular formula is C19H21N3O3. The van der Waals surface area contributed by atoms with Crippen molar-refractivity contribution in [3.63, 3.8) is 0 Å². The van der Waals surface area contributed by atoms with Crippen LogP contribution in [0.2, 0.25) is 0 Å². The highest BCUT2D eigenvalue weighted by Crippen LogP contribution is 2.21. The van der Waals surface area contributed by atoms with Crippen molar-refractivity contribution in [3.8, 4) is 11.6 Å². The molecule has 0 saturated carbocycles. The Morgan fingerprint density at radius 1 is 1.24 bits per heavy atom. The molecule has 0 aliphatic carbocycles. The van der Waals surface area contributed by atoms with Gasteiger partial charge in [-0.3, -0.25) is 9.36 Å². The van der Waals surface area contributed by atoms with Crippen molar-refractivity contribution in [2.75, 3.05) is 7.11 Å². The number of aryl methyl sites for hydroxylation is 2. The van der Waals surface area contributed by atoms with Gasteiger partial charge in [-0.1, -0.05) is 23.4 Å². The van der Waals surface area contributed by atoms with Gasteiger partial charge < -0.3 is 14.6 Å². The van der Waals surface area contributed by atoms with E-state index in [4.69, 9.17) is 9.26 Å². The number of hydrogen-bond donors (Lipinski definition) is 1. The number of nitrogens with one attached hydrogen (secondary N) is 1. The van der Waals surface area contributed by atoms with E-state index in [1.807, 2.05) is 61.7 Å². The standard InChI is InChI=1S/C19H21N3O3/c1-12-9-16(14(3)22(12)18-10-13(2)25-21-18)19(23)20-11-15-7-5-6-8-17(15)24-4/h5-10H,11H2,1-4H3,(H,20,23). The van der Waals surface area contributed by atoms with Crippen molar-refractivity contribution in [1.29, 1.82) is 0 Å². The van der Waals surface area contributed by atoms with Crippen LogP contribution in [0.15, 0.2) is 40.9 Å². The normalized spacial score (nSPS) is 10.7. The molecular weight excluding hydrogens is 318 g/mol. The number of aromatic nitrogens is 2. The summed E-state index contributed by atoms with van der Waals surface area (Å²) in [6.45, 7) is 6.07. The van der Waals surface area contributed by atoms with Crippen LogP contribution in [0.1, 0.15) is 33.1 Å². The Bertz CT molecular complexity index is 909. The predicted octanol–water partition coefficient (Wildman–Crippen LogP) is 3.33. The number of amides is 1. The fourth-order valence-electron chi connectivity index (χ4n) is 2.92. The highest BCUT2D eigenvalue weighted by molar-refractivity contribution is 5.95. The molecule has 0 atom stereocenters. The van der Waals surface area contributed by atoms with Gasteiger partial charge >= 0.3 is 0 Å². The monoisotopic (exact) mass is 339 g/mol. The van der Waals surface area contributed by atoms with E-state index in [2.05, 4.69) is 10.5 Å². The molecule has 0 saturated heterocycles. The Balaban J connectivity index is 1.81. The van der Waals surface area contributed by atoms with Crippen LogP contribution in [-0.2, 0) is 6.54 Å². The Kier molecular flexibility index (Phi) is 4.61. The van der Waals surface area contributed by atoms with Gasteiger partial charge in [-0.05, 0) is 32.9 Å². The lowest BCUT2D eigenvalue weighted by atomic mass is 10.2. The molecule has 0 aliphatic rings. The molecule has 25 heavy (non-hydrogen) atoms. The second kappa shape index (κ2) is 6.84. The van der Waals surface area contributed by atoms with Gasteiger partial charge in [-0.25, -0.2) is 0 Å². The van der Waals surface area contributed by atoms with Crippen molar-refractivity contribution in [1.82, 2.24) is 15.0 Å². The van der Waals surface area contributed by atoms with Gasteiger partial charge in [0, 0.05) is 29.6 Å². The van der Waals surface area contributed by atoms with E-state index >= 15 is 0 Å². The Morgan fingerprint density at radius 2 is 2.00 bits per heavy atom. The minimum atomic E-state index is -0.134. The third-order valence-electron chi connectivity index (χ3n) is 4.15. The van der Waals surface area contributed by atoms with E-state index < -0.39 is 0 Å². The first-order chi connectivity index (χ1) is 12.0. The molecule has 1 N–H and O–H groups in total. The lowest BCUT2D eigenvalue weighted by Crippen LogP contribution is -2.23. The molecule has 6 heteroatoms. The van der Waals surface area contributed by atoms with Gasteiger partial charge in [-0.2, -0.15) is 0 Å². The summed E-state index contributed by atoms with van der Waals surface area (Å²) in [4.78, 5) is 12.6. The zero-order chi connectivity index (χ0) is 18.0. The Morgan fingerprint density at radius 3 is 2.68 bits per heavy atom. The molecule has 2 heterocycles. The maximum atomic E-state index is 12.6. The summed E-state index contributed by atoms with van der Waals surface area (Å²) < 4.78 is 12.4. The number of carbonyl (C=O) groups is 1. The van der Waals surface area contributed by atoms with Gasteiger partial charge in [0.05, 0.1) is 12.7 Å². The smallest absolute Gasteiger partial charge is 0.253 e. The van der Waals surface area contributed by atoms with Crippen molar-refractivity contribution < 1.29 is 14.1 Å². The van der Waals surface area contributed by atoms with E-state index in [0.717, 1.165) is 28.5 Å². The number of methoxy groups -OCH3 is 1. The zero-order valence-electron chi connectivity index (χ0n) is 14.8. The maximum Gasteiger partial charge on any atom is 0.253 e. The van der Waals surface area contributed by atoms with Crippen LogP contribution < -0.4 is 10.1 Å². The summed E-state index contributed by atoms with van der Waals surface area (Å²) in [6.07, 6.45) is 0. The number of rotatable bonds is 5. The number of benzene rings is 1. The molecule has 0 fully saturated rings. The summed E-state index contributed by atoms with van der Waals surface area (Å²) >= 11 is 0. The average molecular weight is 339 g/mol. The SMILES string of the molecule is COc1ccccc1CNC(=O)c1cc(C)n(-c2cc(C)on2)c1C. The van der Waals surface area contributed by atoms with E-state index in [1.54, 1.807) is 7.11 Å². The highest BCUT2D eigenvalue weighted by Gasteiger charge is 2.18. The second-order valence-corrected chi connectivity index (χ2v) is 5.91. The van der Waals surface area contributed by atoms with Crippen LogP contribution in [0.5, 0.6) is 5.75 Å². The quantitative estimate of drug-likeness (QED) is 0.774. The van der Waals surface area contributed by atoms with Crippen molar-refractivity contribution in [2.45, 2.75) is 27.3 Å². The molecule has 0 spiro atoms. The van der Waals surface area contributed by atoms with E-state index in [1.165, 1.54) is 0 Å². The van der Waals surface area contributed by atoms with Crippen LogP contribution in [0.4, 0.5) is 0 Å². The van der Waals surface area contributed by atoms with Gasteiger partial charge in [-0.15, -0.1) is 0 Å². The first-order valence-electron chi connectivity index (χ1n) is 8.04. The number of ether oxygens (including phenoxy) is 1. The second-order valence-electron chi connectivity index (χ2n) is 5.91. The minimum absolute atomic E-state index is 0.134.